The van der Waals surface area contributed by atoms with Crippen molar-refractivity contribution in [2.45, 2.75) is 46.3 Å². The van der Waals surface area contributed by atoms with Gasteiger partial charge in [0.05, 0.1) is 12.6 Å². The second-order valence-corrected chi connectivity index (χ2v) is 3.33. The van der Waals surface area contributed by atoms with Crippen molar-refractivity contribution in [1.82, 2.24) is 14.8 Å². The maximum absolute atomic E-state index is 9.55. The van der Waals surface area contributed by atoms with Crippen LogP contribution in [0, 0.1) is 13.8 Å². The summed E-state index contributed by atoms with van der Waals surface area (Å²) in [5, 5.41) is 13.7. The number of hydrogen-bond donors (Lipinski definition) is 1. The molecule has 1 unspecified atom stereocenters. The van der Waals surface area contributed by atoms with Crippen LogP contribution in [0.1, 0.15) is 31.4 Å². The average molecular weight is 183 g/mol. The first-order valence-electron chi connectivity index (χ1n) is 4.69. The fraction of sp³-hybridized carbons (Fsp3) is 0.778. The molecule has 0 aromatic carbocycles. The van der Waals surface area contributed by atoms with Crippen LogP contribution in [0.4, 0.5) is 0 Å². The van der Waals surface area contributed by atoms with Crippen molar-refractivity contribution in [2.24, 2.45) is 0 Å². The largest absolute Gasteiger partial charge is 0.391 e. The highest BCUT2D eigenvalue weighted by molar-refractivity contribution is 4.87. The van der Waals surface area contributed by atoms with Crippen molar-refractivity contribution in [3.8, 4) is 0 Å². The van der Waals surface area contributed by atoms with Crippen LogP contribution in [0.15, 0.2) is 0 Å². The Kier molecular flexibility index (Phi) is 3.42. The maximum atomic E-state index is 9.55. The normalized spacial score (nSPS) is 13.2. The van der Waals surface area contributed by atoms with Crippen LogP contribution in [-0.4, -0.2) is 26.0 Å². The van der Waals surface area contributed by atoms with E-state index in [1.807, 2.05) is 13.8 Å². The molecule has 1 atom stereocenters. The van der Waals surface area contributed by atoms with Gasteiger partial charge >= 0.3 is 0 Å². The van der Waals surface area contributed by atoms with Crippen molar-refractivity contribution in [3.63, 3.8) is 0 Å². The summed E-state index contributed by atoms with van der Waals surface area (Å²) >= 11 is 0. The molecule has 13 heavy (non-hydrogen) atoms. The lowest BCUT2D eigenvalue weighted by Gasteiger charge is -2.09. The molecule has 74 valence electrons. The minimum absolute atomic E-state index is 0.301. The Hall–Kier alpha value is -0.900. The molecule has 0 radical (unpaired) electrons. The zero-order valence-electron chi connectivity index (χ0n) is 8.49. The highest BCUT2D eigenvalue weighted by Crippen LogP contribution is 2.02. The van der Waals surface area contributed by atoms with E-state index in [-0.39, 0.29) is 6.10 Å². The summed E-state index contributed by atoms with van der Waals surface area (Å²) in [5.74, 6) is 1.63. The van der Waals surface area contributed by atoms with Crippen LogP contribution >= 0.6 is 0 Å². The van der Waals surface area contributed by atoms with Gasteiger partial charge in [-0.1, -0.05) is 13.3 Å². The molecule has 0 bridgehead atoms. The van der Waals surface area contributed by atoms with Crippen molar-refractivity contribution >= 4 is 0 Å². The van der Waals surface area contributed by atoms with Gasteiger partial charge in [-0.05, 0) is 20.3 Å². The predicted octanol–water partition coefficient (Wildman–Crippen LogP) is 1.06. The Morgan fingerprint density at radius 3 is 2.62 bits per heavy atom. The number of aliphatic hydroxyl groups is 1. The van der Waals surface area contributed by atoms with Crippen LogP contribution in [0.25, 0.3) is 0 Å². The second kappa shape index (κ2) is 4.37. The Bertz CT molecular complexity index is 270. The molecule has 0 aliphatic heterocycles. The van der Waals surface area contributed by atoms with Crippen LogP contribution in [0.3, 0.4) is 0 Å². The monoisotopic (exact) mass is 183 g/mol. The molecule has 0 saturated heterocycles. The smallest absolute Gasteiger partial charge is 0.147 e. The molecule has 1 N–H and O–H groups in total. The van der Waals surface area contributed by atoms with Crippen molar-refractivity contribution in [2.75, 3.05) is 0 Å². The SMILES string of the molecule is CCCC(O)Cn1nc(C)nc1C. The van der Waals surface area contributed by atoms with E-state index in [4.69, 9.17) is 0 Å². The van der Waals surface area contributed by atoms with Gasteiger partial charge in [-0.3, -0.25) is 0 Å². The summed E-state index contributed by atoms with van der Waals surface area (Å²) in [5.41, 5.74) is 0. The molecular formula is C9H17N3O. The Labute approximate surface area is 78.6 Å². The zero-order chi connectivity index (χ0) is 9.84. The summed E-state index contributed by atoms with van der Waals surface area (Å²) in [6.07, 6.45) is 1.51. The van der Waals surface area contributed by atoms with Gasteiger partial charge < -0.3 is 5.11 Å². The third-order valence-electron chi connectivity index (χ3n) is 1.97. The standard InChI is InChI=1S/C9H17N3O/c1-4-5-9(13)6-12-8(3)10-7(2)11-12/h9,13H,4-6H2,1-3H3. The van der Waals surface area contributed by atoms with Gasteiger partial charge in [-0.2, -0.15) is 5.10 Å². The number of aliphatic hydroxyl groups excluding tert-OH is 1. The fourth-order valence-electron chi connectivity index (χ4n) is 1.36. The van der Waals surface area contributed by atoms with E-state index < -0.39 is 0 Å². The number of rotatable bonds is 4. The van der Waals surface area contributed by atoms with Crippen molar-refractivity contribution in [3.05, 3.63) is 11.6 Å². The average Bonchev–Trinajstić information content (AvgIpc) is 2.30. The Morgan fingerprint density at radius 1 is 1.46 bits per heavy atom. The number of hydrogen-bond acceptors (Lipinski definition) is 3. The van der Waals surface area contributed by atoms with E-state index in [0.717, 1.165) is 24.5 Å². The van der Waals surface area contributed by atoms with Gasteiger partial charge in [0, 0.05) is 0 Å². The first-order valence-corrected chi connectivity index (χ1v) is 4.69. The number of aromatic nitrogens is 3. The van der Waals surface area contributed by atoms with Gasteiger partial charge in [-0.25, -0.2) is 9.67 Å². The lowest BCUT2D eigenvalue weighted by molar-refractivity contribution is 0.138. The number of nitrogens with zero attached hydrogens (tertiary/aromatic N) is 3. The summed E-state index contributed by atoms with van der Waals surface area (Å²) in [4.78, 5) is 4.16. The molecule has 1 aromatic heterocycles. The van der Waals surface area contributed by atoms with Crippen LogP contribution < -0.4 is 0 Å². The topological polar surface area (TPSA) is 50.9 Å². The van der Waals surface area contributed by atoms with Gasteiger partial charge in [-0.15, -0.1) is 0 Å². The van der Waals surface area contributed by atoms with Crippen molar-refractivity contribution < 1.29 is 5.11 Å². The van der Waals surface area contributed by atoms with Crippen LogP contribution in [0.5, 0.6) is 0 Å². The Balaban J connectivity index is 2.57. The van der Waals surface area contributed by atoms with E-state index in [1.54, 1.807) is 4.68 Å². The first kappa shape index (κ1) is 10.2. The quantitative estimate of drug-likeness (QED) is 0.759. The summed E-state index contributed by atoms with van der Waals surface area (Å²) in [6.45, 7) is 6.37. The molecule has 0 fully saturated rings. The highest BCUT2D eigenvalue weighted by atomic mass is 16.3. The third-order valence-corrected chi connectivity index (χ3v) is 1.97. The van der Waals surface area contributed by atoms with E-state index in [1.165, 1.54) is 0 Å². The third kappa shape index (κ3) is 2.81. The minimum atomic E-state index is -0.301. The zero-order valence-corrected chi connectivity index (χ0v) is 8.49. The molecule has 1 aromatic rings. The molecule has 4 heteroatoms. The van der Waals surface area contributed by atoms with Gasteiger partial charge in [0.1, 0.15) is 11.6 Å². The highest BCUT2D eigenvalue weighted by Gasteiger charge is 2.07. The molecular weight excluding hydrogens is 166 g/mol. The minimum Gasteiger partial charge on any atom is -0.391 e. The van der Waals surface area contributed by atoms with Gasteiger partial charge in [0.15, 0.2) is 0 Å². The summed E-state index contributed by atoms with van der Waals surface area (Å²) in [6, 6.07) is 0. The fourth-order valence-corrected chi connectivity index (χ4v) is 1.36. The van der Waals surface area contributed by atoms with E-state index >= 15 is 0 Å². The summed E-state index contributed by atoms with van der Waals surface area (Å²) < 4.78 is 1.76. The van der Waals surface area contributed by atoms with Gasteiger partial charge in [0.2, 0.25) is 0 Å². The second-order valence-electron chi connectivity index (χ2n) is 3.33. The molecule has 0 spiro atoms. The molecule has 0 saturated carbocycles. The molecule has 0 aliphatic rings. The molecule has 4 nitrogen and oxygen atoms in total. The lowest BCUT2D eigenvalue weighted by atomic mass is 10.2. The predicted molar refractivity (Wildman–Crippen MR) is 50.4 cm³/mol. The van der Waals surface area contributed by atoms with Gasteiger partial charge in [0.25, 0.3) is 0 Å². The molecule has 0 amide bonds. The van der Waals surface area contributed by atoms with E-state index in [2.05, 4.69) is 17.0 Å². The van der Waals surface area contributed by atoms with Crippen LogP contribution in [0.2, 0.25) is 0 Å². The lowest BCUT2D eigenvalue weighted by Crippen LogP contribution is -2.17. The molecule has 0 aliphatic carbocycles. The summed E-state index contributed by atoms with van der Waals surface area (Å²) in [7, 11) is 0. The van der Waals surface area contributed by atoms with E-state index in [9.17, 15) is 5.11 Å². The van der Waals surface area contributed by atoms with E-state index in [0.29, 0.717) is 6.54 Å². The van der Waals surface area contributed by atoms with Crippen molar-refractivity contribution in [1.29, 1.82) is 0 Å². The maximum Gasteiger partial charge on any atom is 0.147 e. The molecule has 1 heterocycles. The van der Waals surface area contributed by atoms with Crippen LogP contribution in [-0.2, 0) is 6.54 Å². The number of aryl methyl sites for hydroxylation is 2. The molecule has 1 rings (SSSR count). The Morgan fingerprint density at radius 2 is 2.15 bits per heavy atom. The first-order chi connectivity index (χ1) is 6.13.